The molecule has 1 saturated heterocycles. The first-order valence-electron chi connectivity index (χ1n) is 8.73. The van der Waals surface area contributed by atoms with E-state index in [0.29, 0.717) is 18.2 Å². The van der Waals surface area contributed by atoms with Gasteiger partial charge in [-0.15, -0.1) is 0 Å². The van der Waals surface area contributed by atoms with Crippen molar-refractivity contribution in [1.29, 1.82) is 0 Å². The van der Waals surface area contributed by atoms with E-state index in [1.165, 1.54) is 12.2 Å². The summed E-state index contributed by atoms with van der Waals surface area (Å²) in [7, 11) is 0. The van der Waals surface area contributed by atoms with Crippen LogP contribution in [0.15, 0.2) is 35.3 Å². The quantitative estimate of drug-likeness (QED) is 0.495. The lowest BCUT2D eigenvalue weighted by molar-refractivity contribution is -0.0461. The predicted octanol–water partition coefficient (Wildman–Crippen LogP) is 4.04. The summed E-state index contributed by atoms with van der Waals surface area (Å²) in [5.74, 6) is 0.158. The molecule has 0 radical (unpaired) electrons. The number of piperidine rings is 1. The van der Waals surface area contributed by atoms with Crippen LogP contribution >= 0.6 is 11.8 Å². The number of rotatable bonds is 8. The smallest absolute Gasteiger partial charge is 0.378 e. The normalized spacial score (nSPS) is 24.5. The van der Waals surface area contributed by atoms with Crippen molar-refractivity contribution >= 4 is 11.8 Å². The molecule has 142 valence electrons. The SMILES string of the molecule is C=C/C(=C\C(=C/C)SC(F)(F)F)CN(C1CC1)C(O)[C@@H]1CCCNC1. The summed E-state index contributed by atoms with van der Waals surface area (Å²) in [5.41, 5.74) is -3.62. The highest BCUT2D eigenvalue weighted by Crippen LogP contribution is 2.38. The highest BCUT2D eigenvalue weighted by Gasteiger charge is 2.37. The molecule has 3 nitrogen and oxygen atoms in total. The fourth-order valence-corrected chi connectivity index (χ4v) is 3.71. The standard InChI is InChI=1S/C18H27F3N2OS/c1-3-13(10-16(4-2)25-18(19,20)21)12-23(15-7-8-15)17(24)14-6-5-9-22-11-14/h3-4,10,14-15,17,22,24H,1,5-9,11-12H2,2H3/b13-10+,16-4+/t14-,17?/m1/s1. The van der Waals surface area contributed by atoms with Gasteiger partial charge in [-0.3, -0.25) is 4.90 Å². The molecule has 1 aliphatic carbocycles. The van der Waals surface area contributed by atoms with Gasteiger partial charge in [-0.25, -0.2) is 0 Å². The average molecular weight is 376 g/mol. The molecule has 0 aromatic carbocycles. The highest BCUT2D eigenvalue weighted by molar-refractivity contribution is 8.04. The minimum atomic E-state index is -4.31. The lowest BCUT2D eigenvalue weighted by Crippen LogP contribution is -2.48. The summed E-state index contributed by atoms with van der Waals surface area (Å²) < 4.78 is 37.9. The zero-order valence-electron chi connectivity index (χ0n) is 14.6. The van der Waals surface area contributed by atoms with Crippen LogP contribution in [0, 0.1) is 5.92 Å². The number of aliphatic hydroxyl groups is 1. The number of aliphatic hydroxyl groups excluding tert-OH is 1. The Bertz CT molecular complexity index is 509. The lowest BCUT2D eigenvalue weighted by atomic mass is 9.96. The van der Waals surface area contributed by atoms with Gasteiger partial charge >= 0.3 is 5.51 Å². The van der Waals surface area contributed by atoms with Crippen LogP contribution in [0.25, 0.3) is 0 Å². The maximum absolute atomic E-state index is 12.6. The van der Waals surface area contributed by atoms with Crippen molar-refractivity contribution in [1.82, 2.24) is 10.2 Å². The molecule has 1 heterocycles. The third kappa shape index (κ3) is 6.81. The third-order valence-corrected chi connectivity index (χ3v) is 5.41. The van der Waals surface area contributed by atoms with Gasteiger partial charge in [0.2, 0.25) is 0 Å². The Morgan fingerprint density at radius 3 is 2.60 bits per heavy atom. The molecule has 0 spiro atoms. The van der Waals surface area contributed by atoms with Gasteiger partial charge in [0.25, 0.3) is 0 Å². The van der Waals surface area contributed by atoms with Gasteiger partial charge in [-0.1, -0.05) is 18.7 Å². The van der Waals surface area contributed by atoms with E-state index in [0.717, 1.165) is 38.8 Å². The molecule has 2 atom stereocenters. The maximum Gasteiger partial charge on any atom is 0.446 e. The molecule has 1 aliphatic heterocycles. The van der Waals surface area contributed by atoms with Crippen molar-refractivity contribution in [3.63, 3.8) is 0 Å². The van der Waals surface area contributed by atoms with E-state index in [1.54, 1.807) is 13.0 Å². The van der Waals surface area contributed by atoms with E-state index in [2.05, 4.69) is 11.9 Å². The Morgan fingerprint density at radius 1 is 1.40 bits per heavy atom. The number of allylic oxidation sites excluding steroid dienone is 2. The number of hydrogen-bond donors (Lipinski definition) is 2. The molecule has 2 rings (SSSR count). The van der Waals surface area contributed by atoms with Gasteiger partial charge in [-0.2, -0.15) is 13.2 Å². The van der Waals surface area contributed by atoms with Crippen LogP contribution in [0.1, 0.15) is 32.6 Å². The number of nitrogens with one attached hydrogen (secondary N) is 1. The molecule has 0 aromatic rings. The Kier molecular flexibility index (Phi) is 7.61. The van der Waals surface area contributed by atoms with Gasteiger partial charge in [0, 0.05) is 30.0 Å². The van der Waals surface area contributed by atoms with Crippen LogP contribution in [-0.2, 0) is 0 Å². The Morgan fingerprint density at radius 2 is 2.12 bits per heavy atom. The topological polar surface area (TPSA) is 35.5 Å². The minimum absolute atomic E-state index is 0.121. The van der Waals surface area contributed by atoms with Crippen molar-refractivity contribution in [2.24, 2.45) is 5.92 Å². The first kappa shape index (κ1) is 20.6. The van der Waals surface area contributed by atoms with Gasteiger partial charge in [-0.05, 0) is 62.6 Å². The second-order valence-corrected chi connectivity index (χ2v) is 7.72. The largest absolute Gasteiger partial charge is 0.446 e. The number of alkyl halides is 3. The molecular formula is C18H27F3N2OS. The second kappa shape index (κ2) is 9.26. The zero-order chi connectivity index (χ0) is 18.4. The molecule has 1 saturated carbocycles. The molecular weight excluding hydrogens is 349 g/mol. The van der Waals surface area contributed by atoms with Crippen molar-refractivity contribution < 1.29 is 18.3 Å². The van der Waals surface area contributed by atoms with Crippen molar-refractivity contribution in [3.05, 3.63) is 35.3 Å². The molecule has 2 N–H and O–H groups in total. The van der Waals surface area contributed by atoms with Crippen LogP contribution in [0.4, 0.5) is 13.2 Å². The van der Waals surface area contributed by atoms with Crippen LogP contribution < -0.4 is 5.32 Å². The lowest BCUT2D eigenvalue weighted by Gasteiger charge is -2.36. The predicted molar refractivity (Wildman–Crippen MR) is 97.0 cm³/mol. The summed E-state index contributed by atoms with van der Waals surface area (Å²) in [5, 5.41) is 14.1. The Balaban J connectivity index is 2.07. The molecule has 0 bridgehead atoms. The van der Waals surface area contributed by atoms with Crippen LogP contribution in [0.2, 0.25) is 0 Å². The van der Waals surface area contributed by atoms with E-state index in [1.807, 2.05) is 4.90 Å². The molecule has 1 unspecified atom stereocenters. The van der Waals surface area contributed by atoms with Crippen LogP contribution in [-0.4, -0.2) is 47.4 Å². The summed E-state index contributed by atoms with van der Waals surface area (Å²) in [6.45, 7) is 7.51. The number of thioether (sulfide) groups is 1. The monoisotopic (exact) mass is 376 g/mol. The minimum Gasteiger partial charge on any atom is -0.378 e. The zero-order valence-corrected chi connectivity index (χ0v) is 15.4. The number of hydrogen-bond acceptors (Lipinski definition) is 4. The second-order valence-electron chi connectivity index (χ2n) is 6.59. The van der Waals surface area contributed by atoms with Gasteiger partial charge < -0.3 is 10.4 Å². The van der Waals surface area contributed by atoms with E-state index in [9.17, 15) is 18.3 Å². The first-order chi connectivity index (χ1) is 11.8. The van der Waals surface area contributed by atoms with Crippen molar-refractivity contribution in [2.75, 3.05) is 19.6 Å². The van der Waals surface area contributed by atoms with Gasteiger partial charge in [0.15, 0.2) is 0 Å². The summed E-state index contributed by atoms with van der Waals surface area (Å²) in [6.07, 6.45) is 8.03. The Hall–Kier alpha value is -0.760. The van der Waals surface area contributed by atoms with E-state index in [-0.39, 0.29) is 22.6 Å². The first-order valence-corrected chi connectivity index (χ1v) is 9.55. The van der Waals surface area contributed by atoms with Crippen LogP contribution in [0.3, 0.4) is 0 Å². The molecule has 25 heavy (non-hydrogen) atoms. The van der Waals surface area contributed by atoms with Gasteiger partial charge in [0.05, 0.1) is 0 Å². The molecule has 2 fully saturated rings. The molecule has 0 aromatic heterocycles. The van der Waals surface area contributed by atoms with E-state index >= 15 is 0 Å². The Labute approximate surface area is 152 Å². The third-order valence-electron chi connectivity index (χ3n) is 4.59. The molecule has 0 amide bonds. The van der Waals surface area contributed by atoms with E-state index < -0.39 is 11.7 Å². The highest BCUT2D eigenvalue weighted by atomic mass is 32.2. The average Bonchev–Trinajstić information content (AvgIpc) is 3.41. The number of nitrogens with zero attached hydrogens (tertiary/aromatic N) is 1. The van der Waals surface area contributed by atoms with E-state index in [4.69, 9.17) is 0 Å². The van der Waals surface area contributed by atoms with Crippen LogP contribution in [0.5, 0.6) is 0 Å². The van der Waals surface area contributed by atoms with Gasteiger partial charge in [0.1, 0.15) is 6.23 Å². The summed E-state index contributed by atoms with van der Waals surface area (Å²) >= 11 is -0.121. The summed E-state index contributed by atoms with van der Waals surface area (Å²) in [4.78, 5) is 2.17. The fourth-order valence-electron chi connectivity index (χ4n) is 3.12. The fraction of sp³-hybridized carbons (Fsp3) is 0.667. The van der Waals surface area contributed by atoms with Crippen molar-refractivity contribution in [2.45, 2.75) is 50.4 Å². The molecule has 2 aliphatic rings. The molecule has 7 heteroatoms. The maximum atomic E-state index is 12.6. The summed E-state index contributed by atoms with van der Waals surface area (Å²) in [6, 6.07) is 0.310. The number of halogens is 3. The van der Waals surface area contributed by atoms with Crippen molar-refractivity contribution in [3.8, 4) is 0 Å².